The molecule has 0 fully saturated rings. The average Bonchev–Trinajstić information content (AvgIpc) is 2.45. The van der Waals surface area contributed by atoms with Gasteiger partial charge in [-0.1, -0.05) is 12.1 Å². The molecule has 112 valence electrons. The molecular weight excluding hydrogens is 288 g/mol. The second-order valence-corrected chi connectivity index (χ2v) is 4.69. The Kier molecular flexibility index (Phi) is 3.14. The Hall–Kier alpha value is -3.15. The average molecular weight is 300 g/mol. The van der Waals surface area contributed by atoms with Crippen molar-refractivity contribution in [2.45, 2.75) is 0 Å². The number of rotatable bonds is 2. The molecule has 6 heteroatoms. The van der Waals surface area contributed by atoms with Crippen LogP contribution in [0, 0.1) is 0 Å². The first-order valence-electron chi connectivity index (χ1n) is 6.37. The van der Waals surface area contributed by atoms with Crippen molar-refractivity contribution in [2.24, 2.45) is 0 Å². The van der Waals surface area contributed by atoms with Crippen LogP contribution in [-0.2, 0) is 0 Å². The van der Waals surface area contributed by atoms with Gasteiger partial charge in [-0.2, -0.15) is 0 Å². The summed E-state index contributed by atoms with van der Waals surface area (Å²) in [7, 11) is 1.33. The van der Waals surface area contributed by atoms with Crippen LogP contribution in [0.5, 0.6) is 23.2 Å². The van der Waals surface area contributed by atoms with Crippen LogP contribution < -0.4 is 10.2 Å². The van der Waals surface area contributed by atoms with Crippen LogP contribution in [-0.4, -0.2) is 22.4 Å². The normalized spacial score (nSPS) is 10.8. The Bertz CT molecular complexity index is 926. The topological polar surface area (TPSA) is 100 Å². The summed E-state index contributed by atoms with van der Waals surface area (Å²) in [4.78, 5) is 12.7. The molecule has 3 aromatic rings. The van der Waals surface area contributed by atoms with Crippen LogP contribution in [0.25, 0.3) is 22.1 Å². The van der Waals surface area contributed by atoms with E-state index in [2.05, 4.69) is 0 Å². The van der Waals surface area contributed by atoms with Gasteiger partial charge in [0.25, 0.3) is 5.95 Å². The minimum absolute atomic E-state index is 0.00301. The van der Waals surface area contributed by atoms with E-state index in [1.807, 2.05) is 0 Å². The third-order valence-electron chi connectivity index (χ3n) is 3.25. The van der Waals surface area contributed by atoms with Gasteiger partial charge in [-0.05, 0) is 17.7 Å². The number of phenolic OH excluding ortho intramolecular Hbond substituents is 3. The zero-order valence-electron chi connectivity index (χ0n) is 11.5. The zero-order chi connectivity index (χ0) is 15.9. The molecule has 1 heterocycles. The van der Waals surface area contributed by atoms with Crippen LogP contribution in [0.15, 0.2) is 45.6 Å². The lowest BCUT2D eigenvalue weighted by Gasteiger charge is -2.10. The summed E-state index contributed by atoms with van der Waals surface area (Å²) >= 11 is 0. The molecule has 0 aliphatic rings. The number of methoxy groups -OCH3 is 1. The fraction of sp³-hybridized carbons (Fsp3) is 0.0625. The van der Waals surface area contributed by atoms with Gasteiger partial charge in [0.15, 0.2) is 0 Å². The Morgan fingerprint density at radius 2 is 1.82 bits per heavy atom. The summed E-state index contributed by atoms with van der Waals surface area (Å²) in [5, 5.41) is 28.9. The third kappa shape index (κ3) is 2.10. The van der Waals surface area contributed by atoms with Crippen LogP contribution in [0.3, 0.4) is 0 Å². The van der Waals surface area contributed by atoms with Gasteiger partial charge in [0.05, 0.1) is 7.11 Å². The fourth-order valence-corrected chi connectivity index (χ4v) is 2.32. The maximum absolute atomic E-state index is 12.7. The molecule has 3 N–H and O–H groups in total. The van der Waals surface area contributed by atoms with Crippen LogP contribution >= 0.6 is 0 Å². The lowest BCUT2D eigenvalue weighted by Crippen LogP contribution is -2.07. The maximum Gasteiger partial charge on any atom is 0.296 e. The predicted molar refractivity (Wildman–Crippen MR) is 79.5 cm³/mol. The second-order valence-electron chi connectivity index (χ2n) is 4.69. The highest BCUT2D eigenvalue weighted by molar-refractivity contribution is 5.89. The Morgan fingerprint density at radius 3 is 2.50 bits per heavy atom. The van der Waals surface area contributed by atoms with E-state index in [-0.39, 0.29) is 34.0 Å². The van der Waals surface area contributed by atoms with E-state index in [9.17, 15) is 20.1 Å². The lowest BCUT2D eigenvalue weighted by molar-refractivity contribution is 0.311. The fourth-order valence-electron chi connectivity index (χ4n) is 2.32. The molecule has 0 amide bonds. The highest BCUT2D eigenvalue weighted by Crippen LogP contribution is 2.35. The molecule has 0 bridgehead atoms. The highest BCUT2D eigenvalue weighted by Gasteiger charge is 2.20. The predicted octanol–water partition coefficient (Wildman–Crippen LogP) is 2.59. The van der Waals surface area contributed by atoms with Gasteiger partial charge in [0.1, 0.15) is 33.8 Å². The number of ether oxygens (including phenoxy) is 1. The first-order chi connectivity index (χ1) is 10.5. The summed E-state index contributed by atoms with van der Waals surface area (Å²) in [6, 6.07) is 8.30. The largest absolute Gasteiger partial charge is 0.508 e. The number of benzene rings is 2. The quantitative estimate of drug-likeness (QED) is 0.672. The summed E-state index contributed by atoms with van der Waals surface area (Å²) in [6.45, 7) is 0. The Labute approximate surface area is 124 Å². The molecule has 3 rings (SSSR count). The molecule has 0 spiro atoms. The molecule has 22 heavy (non-hydrogen) atoms. The Morgan fingerprint density at radius 1 is 1.05 bits per heavy atom. The minimum atomic E-state index is -0.527. The monoisotopic (exact) mass is 300 g/mol. The number of hydrogen-bond donors (Lipinski definition) is 3. The number of phenols is 3. The summed E-state index contributed by atoms with van der Waals surface area (Å²) < 4.78 is 10.6. The number of fused-ring (bicyclic) bond motifs is 1. The van der Waals surface area contributed by atoms with Crippen molar-refractivity contribution in [1.29, 1.82) is 0 Å². The highest BCUT2D eigenvalue weighted by atomic mass is 16.6. The Balaban J connectivity index is 2.44. The van der Waals surface area contributed by atoms with Crippen molar-refractivity contribution in [1.82, 2.24) is 0 Å². The first-order valence-corrected chi connectivity index (χ1v) is 6.37. The summed E-state index contributed by atoms with van der Waals surface area (Å²) in [6.07, 6.45) is 0. The van der Waals surface area contributed by atoms with E-state index in [0.29, 0.717) is 5.56 Å². The van der Waals surface area contributed by atoms with E-state index < -0.39 is 11.2 Å². The molecule has 0 aliphatic heterocycles. The van der Waals surface area contributed by atoms with Gasteiger partial charge in [-0.3, -0.25) is 4.79 Å². The van der Waals surface area contributed by atoms with Crippen molar-refractivity contribution < 1.29 is 24.5 Å². The van der Waals surface area contributed by atoms with Gasteiger partial charge in [-0.15, -0.1) is 0 Å². The maximum atomic E-state index is 12.7. The molecule has 1 aromatic heterocycles. The number of aromatic hydroxyl groups is 3. The van der Waals surface area contributed by atoms with E-state index in [4.69, 9.17) is 9.15 Å². The summed E-state index contributed by atoms with van der Waals surface area (Å²) in [5.41, 5.74) is -0.0590. The number of hydrogen-bond acceptors (Lipinski definition) is 6. The SMILES string of the molecule is COc1oc2cc(O)cc(O)c2c(=O)c1-c1cccc(O)c1. The van der Waals surface area contributed by atoms with Crippen molar-refractivity contribution in [2.75, 3.05) is 7.11 Å². The van der Waals surface area contributed by atoms with Crippen molar-refractivity contribution in [3.8, 4) is 34.3 Å². The van der Waals surface area contributed by atoms with Gasteiger partial charge in [-0.25, -0.2) is 0 Å². The molecule has 6 nitrogen and oxygen atoms in total. The van der Waals surface area contributed by atoms with Crippen LogP contribution in [0.2, 0.25) is 0 Å². The van der Waals surface area contributed by atoms with Gasteiger partial charge in [0, 0.05) is 12.1 Å². The molecule has 0 saturated carbocycles. The summed E-state index contributed by atoms with van der Waals surface area (Å²) in [5.74, 6) is -0.727. The van der Waals surface area contributed by atoms with E-state index >= 15 is 0 Å². The van der Waals surface area contributed by atoms with Gasteiger partial charge in [0.2, 0.25) is 5.43 Å². The zero-order valence-corrected chi connectivity index (χ0v) is 11.5. The molecular formula is C16H12O6. The standard InChI is InChI=1S/C16H12O6/c1-21-16-13(8-3-2-4-9(17)5-8)15(20)14-11(19)6-10(18)7-12(14)22-16/h2-7,17-19H,1H3. The molecule has 0 atom stereocenters. The van der Waals surface area contributed by atoms with Crippen molar-refractivity contribution in [3.63, 3.8) is 0 Å². The molecule has 0 aliphatic carbocycles. The van der Waals surface area contributed by atoms with Crippen LogP contribution in [0.4, 0.5) is 0 Å². The van der Waals surface area contributed by atoms with Gasteiger partial charge >= 0.3 is 0 Å². The van der Waals surface area contributed by atoms with Crippen molar-refractivity contribution >= 4 is 11.0 Å². The van der Waals surface area contributed by atoms with E-state index in [1.54, 1.807) is 12.1 Å². The van der Waals surface area contributed by atoms with Crippen LogP contribution in [0.1, 0.15) is 0 Å². The van der Waals surface area contributed by atoms with Gasteiger partial charge < -0.3 is 24.5 Å². The minimum Gasteiger partial charge on any atom is -0.508 e. The lowest BCUT2D eigenvalue weighted by atomic mass is 10.0. The first kappa shape index (κ1) is 13.8. The molecule has 2 aromatic carbocycles. The van der Waals surface area contributed by atoms with E-state index in [1.165, 1.54) is 25.3 Å². The second kappa shape index (κ2) is 5.00. The molecule has 0 saturated heterocycles. The smallest absolute Gasteiger partial charge is 0.296 e. The molecule has 0 unspecified atom stereocenters. The molecule has 0 radical (unpaired) electrons. The van der Waals surface area contributed by atoms with E-state index in [0.717, 1.165) is 6.07 Å². The van der Waals surface area contributed by atoms with Crippen molar-refractivity contribution in [3.05, 3.63) is 46.6 Å². The third-order valence-corrected chi connectivity index (χ3v) is 3.25.